The summed E-state index contributed by atoms with van der Waals surface area (Å²) in [6, 6.07) is 6.62. The molecule has 1 amide bonds. The number of amides is 1. The van der Waals surface area contributed by atoms with Gasteiger partial charge in [0.1, 0.15) is 5.82 Å². The van der Waals surface area contributed by atoms with Crippen LogP contribution in [0.3, 0.4) is 0 Å². The van der Waals surface area contributed by atoms with Crippen LogP contribution in [0.25, 0.3) is 0 Å². The average molecular weight is 362 g/mol. The molecule has 1 aliphatic heterocycles. The van der Waals surface area contributed by atoms with Crippen LogP contribution in [0.4, 0.5) is 4.39 Å². The van der Waals surface area contributed by atoms with Crippen LogP contribution < -0.4 is 5.32 Å². The van der Waals surface area contributed by atoms with E-state index in [0.717, 1.165) is 31.6 Å². The van der Waals surface area contributed by atoms with Crippen LogP contribution in [-0.2, 0) is 16.1 Å². The van der Waals surface area contributed by atoms with Gasteiger partial charge in [-0.15, -0.1) is 0 Å². The van der Waals surface area contributed by atoms with E-state index in [1.165, 1.54) is 38.2 Å². The van der Waals surface area contributed by atoms with E-state index in [4.69, 9.17) is 4.74 Å². The molecule has 26 heavy (non-hydrogen) atoms. The van der Waals surface area contributed by atoms with Gasteiger partial charge in [0.05, 0.1) is 12.6 Å². The molecule has 0 bridgehead atoms. The summed E-state index contributed by atoms with van der Waals surface area (Å²) in [5, 5.41) is 3.11. The number of nitrogens with one attached hydrogen (secondary N) is 1. The number of ether oxygens (including phenoxy) is 1. The zero-order chi connectivity index (χ0) is 18.2. The predicted octanol–water partition coefficient (Wildman–Crippen LogP) is 3.50. The van der Waals surface area contributed by atoms with Crippen molar-refractivity contribution in [2.45, 2.75) is 57.6 Å². The average Bonchev–Trinajstić information content (AvgIpc) is 3.14. The van der Waals surface area contributed by atoms with Crippen molar-refractivity contribution in [3.63, 3.8) is 0 Å². The Kier molecular flexibility index (Phi) is 7.44. The Balaban J connectivity index is 1.52. The third-order valence-electron chi connectivity index (χ3n) is 5.46. The van der Waals surface area contributed by atoms with E-state index in [2.05, 4.69) is 10.2 Å². The van der Waals surface area contributed by atoms with Crippen LogP contribution in [0.5, 0.6) is 0 Å². The summed E-state index contributed by atoms with van der Waals surface area (Å²) >= 11 is 0. The van der Waals surface area contributed by atoms with Gasteiger partial charge in [0.15, 0.2) is 0 Å². The van der Waals surface area contributed by atoms with Crippen molar-refractivity contribution in [2.24, 2.45) is 5.92 Å². The number of hydrogen-bond acceptors (Lipinski definition) is 3. The predicted molar refractivity (Wildman–Crippen MR) is 100 cm³/mol. The maximum Gasteiger partial charge on any atom is 0.234 e. The highest BCUT2D eigenvalue weighted by Gasteiger charge is 2.22. The standard InChI is InChI=1S/C21H31FN2O2/c22-19-9-4-8-18(12-19)14-24(15-20-10-5-11-26-20)16-21(25)23-13-17-6-2-1-3-7-17/h4,8-9,12,17,20H,1-3,5-7,10-11,13-16H2,(H,23,25). The quantitative estimate of drug-likeness (QED) is 0.769. The number of carbonyl (C=O) groups excluding carboxylic acids is 1. The van der Waals surface area contributed by atoms with Crippen molar-refractivity contribution in [3.8, 4) is 0 Å². The molecule has 1 aliphatic carbocycles. The molecule has 1 saturated heterocycles. The molecule has 2 fully saturated rings. The van der Waals surface area contributed by atoms with E-state index in [1.807, 2.05) is 6.07 Å². The highest BCUT2D eigenvalue weighted by atomic mass is 19.1. The molecule has 3 rings (SSSR count). The van der Waals surface area contributed by atoms with Gasteiger partial charge in [-0.05, 0) is 49.3 Å². The van der Waals surface area contributed by atoms with Gasteiger partial charge in [-0.2, -0.15) is 0 Å². The van der Waals surface area contributed by atoms with Crippen LogP contribution >= 0.6 is 0 Å². The van der Waals surface area contributed by atoms with Crippen LogP contribution in [0.1, 0.15) is 50.5 Å². The molecule has 1 aromatic rings. The molecule has 0 aromatic heterocycles. The normalized spacial score (nSPS) is 21.2. The maximum absolute atomic E-state index is 13.5. The first-order valence-corrected chi connectivity index (χ1v) is 10.0. The molecule has 144 valence electrons. The van der Waals surface area contributed by atoms with Crippen molar-refractivity contribution in [3.05, 3.63) is 35.6 Å². The second-order valence-electron chi connectivity index (χ2n) is 7.74. The Bertz CT molecular complexity index is 569. The van der Waals surface area contributed by atoms with Crippen molar-refractivity contribution in [1.29, 1.82) is 0 Å². The number of halogens is 1. The van der Waals surface area contributed by atoms with Gasteiger partial charge in [0.2, 0.25) is 5.91 Å². The van der Waals surface area contributed by atoms with Gasteiger partial charge in [-0.25, -0.2) is 4.39 Å². The molecule has 0 spiro atoms. The summed E-state index contributed by atoms with van der Waals surface area (Å²) in [5.41, 5.74) is 0.892. The largest absolute Gasteiger partial charge is 0.377 e. The summed E-state index contributed by atoms with van der Waals surface area (Å²) in [6.07, 6.45) is 8.63. The Morgan fingerprint density at radius 1 is 1.19 bits per heavy atom. The number of rotatable bonds is 8. The first-order chi connectivity index (χ1) is 12.7. The summed E-state index contributed by atoms with van der Waals surface area (Å²) in [5.74, 6) is 0.453. The molecule has 1 aromatic carbocycles. The second-order valence-corrected chi connectivity index (χ2v) is 7.74. The van der Waals surface area contributed by atoms with Crippen LogP contribution in [-0.4, -0.2) is 43.2 Å². The molecule has 0 radical (unpaired) electrons. The van der Waals surface area contributed by atoms with Gasteiger partial charge in [0.25, 0.3) is 0 Å². The smallest absolute Gasteiger partial charge is 0.234 e. The lowest BCUT2D eigenvalue weighted by atomic mass is 9.89. The molecule has 1 unspecified atom stereocenters. The highest BCUT2D eigenvalue weighted by molar-refractivity contribution is 5.78. The van der Waals surface area contributed by atoms with E-state index in [0.29, 0.717) is 25.6 Å². The van der Waals surface area contributed by atoms with Crippen LogP contribution in [0, 0.1) is 11.7 Å². The number of carbonyl (C=O) groups is 1. The number of nitrogens with zero attached hydrogens (tertiary/aromatic N) is 1. The first kappa shape index (κ1) is 19.3. The molecular weight excluding hydrogens is 331 g/mol. The van der Waals surface area contributed by atoms with Crippen molar-refractivity contribution in [1.82, 2.24) is 10.2 Å². The Hall–Kier alpha value is -1.46. The van der Waals surface area contributed by atoms with E-state index < -0.39 is 0 Å². The Labute approximate surface area is 156 Å². The molecule has 4 nitrogen and oxygen atoms in total. The van der Waals surface area contributed by atoms with Crippen LogP contribution in [0.2, 0.25) is 0 Å². The Morgan fingerprint density at radius 3 is 2.77 bits per heavy atom. The number of hydrogen-bond donors (Lipinski definition) is 1. The number of benzene rings is 1. The van der Waals surface area contributed by atoms with E-state index in [-0.39, 0.29) is 17.8 Å². The third-order valence-corrected chi connectivity index (χ3v) is 5.46. The summed E-state index contributed by atoms with van der Waals surface area (Å²) in [7, 11) is 0. The molecule has 1 atom stereocenters. The second kappa shape index (κ2) is 10.0. The van der Waals surface area contributed by atoms with Gasteiger partial charge >= 0.3 is 0 Å². The third kappa shape index (κ3) is 6.36. The van der Waals surface area contributed by atoms with Gasteiger partial charge in [0, 0.05) is 26.2 Å². The Morgan fingerprint density at radius 2 is 2.04 bits per heavy atom. The summed E-state index contributed by atoms with van der Waals surface area (Å²) < 4.78 is 19.2. The van der Waals surface area contributed by atoms with Crippen molar-refractivity contribution in [2.75, 3.05) is 26.2 Å². The lowest BCUT2D eigenvalue weighted by Gasteiger charge is -2.26. The summed E-state index contributed by atoms with van der Waals surface area (Å²) in [4.78, 5) is 14.5. The molecule has 1 heterocycles. The van der Waals surface area contributed by atoms with Gasteiger partial charge in [-0.3, -0.25) is 9.69 Å². The minimum absolute atomic E-state index is 0.0602. The molecule has 1 N–H and O–H groups in total. The fourth-order valence-electron chi connectivity index (χ4n) is 4.06. The van der Waals surface area contributed by atoms with Crippen LogP contribution in [0.15, 0.2) is 24.3 Å². The lowest BCUT2D eigenvalue weighted by molar-refractivity contribution is -0.123. The SMILES string of the molecule is O=C(CN(Cc1cccc(F)c1)CC1CCCO1)NCC1CCCCC1. The fourth-order valence-corrected chi connectivity index (χ4v) is 4.06. The molecule has 1 saturated carbocycles. The zero-order valence-electron chi connectivity index (χ0n) is 15.6. The minimum Gasteiger partial charge on any atom is -0.377 e. The fraction of sp³-hybridized carbons (Fsp3) is 0.667. The molecule has 5 heteroatoms. The van der Waals surface area contributed by atoms with Gasteiger partial charge < -0.3 is 10.1 Å². The highest BCUT2D eigenvalue weighted by Crippen LogP contribution is 2.22. The van der Waals surface area contributed by atoms with Crippen molar-refractivity contribution >= 4 is 5.91 Å². The minimum atomic E-state index is -0.235. The first-order valence-electron chi connectivity index (χ1n) is 10.0. The van der Waals surface area contributed by atoms with E-state index in [1.54, 1.807) is 12.1 Å². The van der Waals surface area contributed by atoms with E-state index in [9.17, 15) is 9.18 Å². The molecule has 2 aliphatic rings. The van der Waals surface area contributed by atoms with Gasteiger partial charge in [-0.1, -0.05) is 31.4 Å². The maximum atomic E-state index is 13.5. The van der Waals surface area contributed by atoms with E-state index >= 15 is 0 Å². The summed E-state index contributed by atoms with van der Waals surface area (Å²) in [6.45, 7) is 3.20. The molecular formula is C21H31FN2O2. The monoisotopic (exact) mass is 362 g/mol. The zero-order valence-corrected chi connectivity index (χ0v) is 15.6. The lowest BCUT2D eigenvalue weighted by Crippen LogP contribution is -2.41. The topological polar surface area (TPSA) is 41.6 Å². The van der Waals surface area contributed by atoms with Crippen molar-refractivity contribution < 1.29 is 13.9 Å².